The third-order valence-corrected chi connectivity index (χ3v) is 3.29. The van der Waals surface area contributed by atoms with Gasteiger partial charge in [0.05, 0.1) is 14.2 Å². The smallest absolute Gasteiger partial charge is 0.328 e. The maximum absolute atomic E-state index is 11.5. The minimum Gasteiger partial charge on any atom is -0.496 e. The molecule has 22 heavy (non-hydrogen) atoms. The number of methoxy groups -OCH3 is 2. The molecule has 0 spiro atoms. The number of carbonyl (C=O) groups is 1. The first-order valence-corrected chi connectivity index (χ1v) is 6.86. The maximum Gasteiger partial charge on any atom is 0.328 e. The Morgan fingerprint density at radius 2 is 1.95 bits per heavy atom. The van der Waals surface area contributed by atoms with Crippen molar-refractivity contribution in [1.82, 2.24) is 20.2 Å². The Hall–Kier alpha value is -2.64. The van der Waals surface area contributed by atoms with Crippen LogP contribution in [0, 0.1) is 0 Å². The molecule has 118 valence electrons. The van der Waals surface area contributed by atoms with Gasteiger partial charge in [0.2, 0.25) is 0 Å². The minimum atomic E-state index is -0.982. The summed E-state index contributed by atoms with van der Waals surface area (Å²) in [4.78, 5) is 11.5. The highest BCUT2D eigenvalue weighted by atomic mass is 16.5. The van der Waals surface area contributed by atoms with Crippen molar-refractivity contribution in [3.8, 4) is 22.9 Å². The Kier molecular flexibility index (Phi) is 4.92. The fourth-order valence-electron chi connectivity index (χ4n) is 2.26. The number of ether oxygens (including phenoxy) is 2. The molecule has 1 atom stereocenters. The molecule has 1 heterocycles. The zero-order valence-corrected chi connectivity index (χ0v) is 12.7. The van der Waals surface area contributed by atoms with Gasteiger partial charge >= 0.3 is 5.97 Å². The van der Waals surface area contributed by atoms with E-state index in [0.717, 1.165) is 0 Å². The molecule has 0 aliphatic carbocycles. The third kappa shape index (κ3) is 2.85. The molecule has 1 aromatic carbocycles. The van der Waals surface area contributed by atoms with E-state index >= 15 is 0 Å². The summed E-state index contributed by atoms with van der Waals surface area (Å²) in [7, 11) is 3.04. The van der Waals surface area contributed by atoms with E-state index in [1.54, 1.807) is 18.2 Å². The van der Waals surface area contributed by atoms with E-state index in [1.165, 1.54) is 18.9 Å². The van der Waals surface area contributed by atoms with Crippen molar-refractivity contribution in [3.63, 3.8) is 0 Å². The summed E-state index contributed by atoms with van der Waals surface area (Å²) in [6.07, 6.45) is 1.12. The summed E-state index contributed by atoms with van der Waals surface area (Å²) in [5.41, 5.74) is 0.528. The number of hydrogen-bond acceptors (Lipinski definition) is 6. The molecule has 2 rings (SSSR count). The van der Waals surface area contributed by atoms with Crippen LogP contribution in [0.2, 0.25) is 0 Å². The van der Waals surface area contributed by atoms with Gasteiger partial charge in [0, 0.05) is 0 Å². The molecule has 0 bridgehead atoms. The van der Waals surface area contributed by atoms with Gasteiger partial charge < -0.3 is 14.6 Å². The summed E-state index contributed by atoms with van der Waals surface area (Å²) in [5.74, 6) is 0.339. The molecule has 0 radical (unpaired) electrons. The molecule has 1 N–H and O–H groups in total. The van der Waals surface area contributed by atoms with Crippen molar-refractivity contribution >= 4 is 5.97 Å². The second kappa shape index (κ2) is 6.88. The fourth-order valence-corrected chi connectivity index (χ4v) is 2.26. The van der Waals surface area contributed by atoms with Gasteiger partial charge in [-0.15, -0.1) is 5.10 Å². The molecule has 2 aromatic rings. The average molecular weight is 306 g/mol. The molecule has 1 aromatic heterocycles. The number of aliphatic carboxylic acids is 1. The summed E-state index contributed by atoms with van der Waals surface area (Å²) in [5, 5.41) is 20.9. The lowest BCUT2D eigenvalue weighted by Gasteiger charge is -2.16. The highest BCUT2D eigenvalue weighted by molar-refractivity contribution is 5.75. The standard InChI is InChI=1S/C14H18N4O4/c1-4-6-9(14(19)20)18-13(15-16-17-18)12-10(21-2)7-5-8-11(12)22-3/h5,7-9H,4,6H2,1-3H3,(H,19,20). The number of carboxylic acids is 1. The Morgan fingerprint density at radius 1 is 1.32 bits per heavy atom. The summed E-state index contributed by atoms with van der Waals surface area (Å²) >= 11 is 0. The van der Waals surface area contributed by atoms with Crippen molar-refractivity contribution in [1.29, 1.82) is 0 Å². The number of hydrogen-bond donors (Lipinski definition) is 1. The highest BCUT2D eigenvalue weighted by Gasteiger charge is 2.27. The molecule has 0 saturated heterocycles. The summed E-state index contributed by atoms with van der Waals surface area (Å²) in [6, 6.07) is 4.42. The van der Waals surface area contributed by atoms with Crippen LogP contribution in [0.15, 0.2) is 18.2 Å². The van der Waals surface area contributed by atoms with Gasteiger partial charge in [-0.1, -0.05) is 19.4 Å². The van der Waals surface area contributed by atoms with E-state index in [2.05, 4.69) is 15.5 Å². The van der Waals surface area contributed by atoms with E-state index < -0.39 is 12.0 Å². The Labute approximate surface area is 127 Å². The van der Waals surface area contributed by atoms with Crippen LogP contribution in [-0.2, 0) is 4.79 Å². The zero-order chi connectivity index (χ0) is 16.1. The number of tetrazole rings is 1. The lowest BCUT2D eigenvalue weighted by atomic mass is 10.1. The minimum absolute atomic E-state index is 0.301. The molecule has 0 aliphatic rings. The van der Waals surface area contributed by atoms with Crippen molar-refractivity contribution in [2.24, 2.45) is 0 Å². The summed E-state index contributed by atoms with van der Waals surface area (Å²) in [6.45, 7) is 1.91. The van der Waals surface area contributed by atoms with Crippen molar-refractivity contribution in [2.75, 3.05) is 14.2 Å². The first kappa shape index (κ1) is 15.7. The predicted octanol–water partition coefficient (Wildman–Crippen LogP) is 1.78. The number of nitrogens with zero attached hydrogens (tertiary/aromatic N) is 4. The van der Waals surface area contributed by atoms with Gasteiger partial charge in [-0.25, -0.2) is 9.48 Å². The molecule has 0 amide bonds. The van der Waals surface area contributed by atoms with Crippen molar-refractivity contribution in [2.45, 2.75) is 25.8 Å². The second-order valence-corrected chi connectivity index (χ2v) is 4.63. The van der Waals surface area contributed by atoms with Crippen LogP contribution < -0.4 is 9.47 Å². The zero-order valence-electron chi connectivity index (χ0n) is 12.7. The second-order valence-electron chi connectivity index (χ2n) is 4.63. The van der Waals surface area contributed by atoms with Gasteiger partial charge in [-0.05, 0) is 29.0 Å². The number of rotatable bonds is 7. The molecule has 0 fully saturated rings. The van der Waals surface area contributed by atoms with Crippen LogP contribution in [0.5, 0.6) is 11.5 Å². The van der Waals surface area contributed by atoms with Gasteiger partial charge in [0.25, 0.3) is 0 Å². The molecule has 1 unspecified atom stereocenters. The van der Waals surface area contributed by atoms with Crippen LogP contribution in [0.4, 0.5) is 0 Å². The Morgan fingerprint density at radius 3 is 2.45 bits per heavy atom. The van der Waals surface area contributed by atoms with Crippen molar-refractivity contribution < 1.29 is 19.4 Å². The van der Waals surface area contributed by atoms with Gasteiger partial charge in [-0.3, -0.25) is 0 Å². The monoisotopic (exact) mass is 306 g/mol. The topological polar surface area (TPSA) is 99.4 Å². The van der Waals surface area contributed by atoms with E-state index in [0.29, 0.717) is 35.7 Å². The first-order chi connectivity index (χ1) is 10.6. The quantitative estimate of drug-likeness (QED) is 0.832. The Bertz CT molecular complexity index is 634. The van der Waals surface area contributed by atoms with Crippen LogP contribution in [0.25, 0.3) is 11.4 Å². The van der Waals surface area contributed by atoms with Crippen LogP contribution >= 0.6 is 0 Å². The molecule has 8 nitrogen and oxygen atoms in total. The highest BCUT2D eigenvalue weighted by Crippen LogP contribution is 2.37. The average Bonchev–Trinajstić information content (AvgIpc) is 2.99. The van der Waals surface area contributed by atoms with E-state index in [1.807, 2.05) is 6.92 Å². The number of benzene rings is 1. The SMILES string of the molecule is CCCC(C(=O)O)n1nnnc1-c1c(OC)cccc1OC. The molecule has 0 saturated carbocycles. The molecule has 0 aliphatic heterocycles. The lowest BCUT2D eigenvalue weighted by molar-refractivity contribution is -0.141. The number of carboxylic acid groups (broad SMARTS) is 1. The fraction of sp³-hybridized carbons (Fsp3) is 0.429. The molecular formula is C14H18N4O4. The van der Waals surface area contributed by atoms with Crippen LogP contribution in [0.1, 0.15) is 25.8 Å². The van der Waals surface area contributed by atoms with Crippen molar-refractivity contribution in [3.05, 3.63) is 18.2 Å². The van der Waals surface area contributed by atoms with E-state index in [4.69, 9.17) is 9.47 Å². The number of aromatic nitrogens is 4. The largest absolute Gasteiger partial charge is 0.496 e. The van der Waals surface area contributed by atoms with Crippen LogP contribution in [-0.4, -0.2) is 45.5 Å². The third-order valence-electron chi connectivity index (χ3n) is 3.29. The van der Waals surface area contributed by atoms with E-state index in [9.17, 15) is 9.90 Å². The maximum atomic E-state index is 11.5. The molecule has 8 heteroatoms. The first-order valence-electron chi connectivity index (χ1n) is 6.86. The molecular weight excluding hydrogens is 288 g/mol. The van der Waals surface area contributed by atoms with Crippen LogP contribution in [0.3, 0.4) is 0 Å². The van der Waals surface area contributed by atoms with Gasteiger partial charge in [0.1, 0.15) is 17.1 Å². The van der Waals surface area contributed by atoms with Gasteiger partial charge in [-0.2, -0.15) is 0 Å². The van der Waals surface area contributed by atoms with Gasteiger partial charge in [0.15, 0.2) is 11.9 Å². The summed E-state index contributed by atoms with van der Waals surface area (Å²) < 4.78 is 12.0. The van der Waals surface area contributed by atoms with E-state index in [-0.39, 0.29) is 0 Å². The normalized spacial score (nSPS) is 12.0. The predicted molar refractivity (Wildman–Crippen MR) is 77.9 cm³/mol. The lowest BCUT2D eigenvalue weighted by Crippen LogP contribution is -2.21. The Balaban J connectivity index is 2.60.